The Morgan fingerprint density at radius 3 is 2.38 bits per heavy atom. The van der Waals surface area contributed by atoms with Gasteiger partial charge in [0.15, 0.2) is 5.72 Å². The Balaban J connectivity index is 2.71. The van der Waals surface area contributed by atoms with Gasteiger partial charge in [0.05, 0.1) is 5.69 Å². The third-order valence-corrected chi connectivity index (χ3v) is 3.34. The Morgan fingerprint density at radius 2 is 1.81 bits per heavy atom. The third-order valence-electron chi connectivity index (χ3n) is 3.34. The first kappa shape index (κ1) is 11.1. The van der Waals surface area contributed by atoms with Gasteiger partial charge in [0, 0.05) is 12.5 Å². The third kappa shape index (κ3) is 1.14. The Hall–Kier alpha value is -1.39. The van der Waals surface area contributed by atoms with Crippen molar-refractivity contribution in [3.05, 3.63) is 29.8 Å². The van der Waals surface area contributed by atoms with Crippen molar-refractivity contribution in [1.82, 2.24) is 0 Å². The lowest BCUT2D eigenvalue weighted by Gasteiger charge is -2.37. The zero-order valence-corrected chi connectivity index (χ0v) is 9.56. The lowest BCUT2D eigenvalue weighted by atomic mass is 9.90. The van der Waals surface area contributed by atoms with Gasteiger partial charge in [-0.05, 0) is 19.9 Å². The van der Waals surface area contributed by atoms with E-state index < -0.39 is 11.3 Å². The van der Waals surface area contributed by atoms with Crippen molar-refractivity contribution in [2.45, 2.75) is 32.1 Å². The molecular formula is C12H15NO3. The molecule has 2 rings (SSSR count). The maximum absolute atomic E-state index is 11.6. The van der Waals surface area contributed by atoms with E-state index >= 15 is 0 Å². The van der Waals surface area contributed by atoms with E-state index in [1.54, 1.807) is 24.3 Å². The van der Waals surface area contributed by atoms with Crippen molar-refractivity contribution in [3.63, 3.8) is 0 Å². The molecule has 1 heterocycles. The lowest BCUT2D eigenvalue weighted by Crippen LogP contribution is -2.56. The van der Waals surface area contributed by atoms with E-state index in [2.05, 4.69) is 0 Å². The number of carbonyl (C=O) groups is 1. The van der Waals surface area contributed by atoms with Gasteiger partial charge in [-0.3, -0.25) is 9.69 Å². The summed E-state index contributed by atoms with van der Waals surface area (Å²) in [5.41, 5.74) is -1.96. The predicted molar refractivity (Wildman–Crippen MR) is 59.8 cm³/mol. The first-order chi connectivity index (χ1) is 7.30. The molecule has 0 radical (unpaired) electrons. The molecule has 0 spiro atoms. The minimum absolute atomic E-state index is 0.296. The zero-order valence-electron chi connectivity index (χ0n) is 9.56. The number of anilines is 1. The van der Waals surface area contributed by atoms with Gasteiger partial charge in [0.2, 0.25) is 5.91 Å². The SMILES string of the molecule is CC(=O)N1c2ccccc2C(C)(O)C1(C)O. The Kier molecular flexibility index (Phi) is 2.12. The van der Waals surface area contributed by atoms with Crippen LogP contribution in [0.2, 0.25) is 0 Å². The number of nitrogens with zero attached hydrogens (tertiary/aromatic N) is 1. The number of amides is 1. The molecule has 0 aliphatic carbocycles. The molecule has 86 valence electrons. The van der Waals surface area contributed by atoms with Crippen LogP contribution in [-0.4, -0.2) is 21.8 Å². The van der Waals surface area contributed by atoms with Crippen LogP contribution >= 0.6 is 0 Å². The second-order valence-corrected chi connectivity index (χ2v) is 4.46. The van der Waals surface area contributed by atoms with Crippen molar-refractivity contribution in [2.24, 2.45) is 0 Å². The van der Waals surface area contributed by atoms with Crippen molar-refractivity contribution in [3.8, 4) is 0 Å². The summed E-state index contributed by atoms with van der Waals surface area (Å²) < 4.78 is 0. The van der Waals surface area contributed by atoms with Gasteiger partial charge in [-0.1, -0.05) is 18.2 Å². The van der Waals surface area contributed by atoms with Gasteiger partial charge >= 0.3 is 0 Å². The summed E-state index contributed by atoms with van der Waals surface area (Å²) in [6.07, 6.45) is 0. The fraction of sp³-hybridized carbons (Fsp3) is 0.417. The highest BCUT2D eigenvalue weighted by Gasteiger charge is 2.56. The van der Waals surface area contributed by atoms with Crippen LogP contribution in [0.4, 0.5) is 5.69 Å². The first-order valence-corrected chi connectivity index (χ1v) is 5.15. The summed E-state index contributed by atoms with van der Waals surface area (Å²) in [4.78, 5) is 12.8. The van der Waals surface area contributed by atoms with Crippen LogP contribution in [0.3, 0.4) is 0 Å². The summed E-state index contributed by atoms with van der Waals surface area (Å²) in [5, 5.41) is 20.7. The molecule has 4 nitrogen and oxygen atoms in total. The number of hydrogen-bond donors (Lipinski definition) is 2. The molecule has 1 aliphatic rings. The van der Waals surface area contributed by atoms with Crippen LogP contribution in [0, 0.1) is 0 Å². The smallest absolute Gasteiger partial charge is 0.226 e. The largest absolute Gasteiger partial charge is 0.380 e. The van der Waals surface area contributed by atoms with Crippen LogP contribution in [0.25, 0.3) is 0 Å². The van der Waals surface area contributed by atoms with Crippen LogP contribution in [0.5, 0.6) is 0 Å². The number of hydrogen-bond acceptors (Lipinski definition) is 3. The molecule has 4 heteroatoms. The van der Waals surface area contributed by atoms with E-state index in [0.29, 0.717) is 11.3 Å². The van der Waals surface area contributed by atoms with E-state index in [0.717, 1.165) is 0 Å². The highest BCUT2D eigenvalue weighted by atomic mass is 16.4. The monoisotopic (exact) mass is 221 g/mol. The van der Waals surface area contributed by atoms with Crippen molar-refractivity contribution in [1.29, 1.82) is 0 Å². The number of carbonyl (C=O) groups excluding carboxylic acids is 1. The molecule has 2 atom stereocenters. The first-order valence-electron chi connectivity index (χ1n) is 5.15. The van der Waals surface area contributed by atoms with Crippen molar-refractivity contribution < 1.29 is 15.0 Å². The number of aliphatic hydroxyl groups is 2. The van der Waals surface area contributed by atoms with Gasteiger partial charge in [-0.2, -0.15) is 0 Å². The molecule has 0 bridgehead atoms. The standard InChI is InChI=1S/C12H15NO3/c1-8(14)13-10-7-5-4-6-9(10)11(2,15)12(13,3)16/h4-7,15-16H,1-3H3. The van der Waals surface area contributed by atoms with Gasteiger partial charge in [0.1, 0.15) is 5.60 Å². The fourth-order valence-electron chi connectivity index (χ4n) is 2.26. The molecule has 1 aromatic rings. The molecule has 1 aliphatic heterocycles. The minimum atomic E-state index is -1.62. The average Bonchev–Trinajstić information content (AvgIpc) is 2.32. The molecule has 2 unspecified atom stereocenters. The number of fused-ring (bicyclic) bond motifs is 1. The van der Waals surface area contributed by atoms with Gasteiger partial charge in [0.25, 0.3) is 0 Å². The Labute approximate surface area is 94.1 Å². The lowest BCUT2D eigenvalue weighted by molar-refractivity contribution is -0.142. The number of rotatable bonds is 0. The van der Waals surface area contributed by atoms with Crippen LogP contribution in [0.1, 0.15) is 26.3 Å². The Bertz CT molecular complexity index is 451. The molecule has 0 aromatic heterocycles. The number of para-hydroxylation sites is 1. The maximum Gasteiger partial charge on any atom is 0.226 e. The summed E-state index contributed by atoms with van der Waals surface area (Å²) >= 11 is 0. The minimum Gasteiger partial charge on any atom is -0.380 e. The molecule has 0 saturated heterocycles. The van der Waals surface area contributed by atoms with Crippen molar-refractivity contribution in [2.75, 3.05) is 4.90 Å². The van der Waals surface area contributed by atoms with E-state index in [-0.39, 0.29) is 5.91 Å². The molecule has 2 N–H and O–H groups in total. The van der Waals surface area contributed by atoms with E-state index in [9.17, 15) is 15.0 Å². The second-order valence-electron chi connectivity index (χ2n) is 4.46. The van der Waals surface area contributed by atoms with E-state index in [4.69, 9.17) is 0 Å². The molecule has 1 amide bonds. The second kappa shape index (κ2) is 3.06. The summed E-state index contributed by atoms with van der Waals surface area (Å²) in [6.45, 7) is 4.32. The van der Waals surface area contributed by atoms with E-state index in [1.165, 1.54) is 25.7 Å². The normalized spacial score (nSPS) is 32.7. The van der Waals surface area contributed by atoms with Gasteiger partial charge < -0.3 is 10.2 Å². The van der Waals surface area contributed by atoms with Crippen LogP contribution < -0.4 is 4.90 Å². The summed E-state index contributed by atoms with van der Waals surface area (Å²) in [5.74, 6) is -0.296. The highest BCUT2D eigenvalue weighted by molar-refractivity contribution is 5.96. The average molecular weight is 221 g/mol. The molecule has 0 fully saturated rings. The fourth-order valence-corrected chi connectivity index (χ4v) is 2.26. The summed E-state index contributed by atoms with van der Waals surface area (Å²) in [6, 6.07) is 6.97. The zero-order chi connectivity index (χ0) is 12.1. The summed E-state index contributed by atoms with van der Waals surface area (Å²) in [7, 11) is 0. The molecule has 16 heavy (non-hydrogen) atoms. The molecular weight excluding hydrogens is 206 g/mol. The maximum atomic E-state index is 11.6. The predicted octanol–water partition coefficient (Wildman–Crippen LogP) is 0.969. The van der Waals surface area contributed by atoms with Crippen LogP contribution in [0.15, 0.2) is 24.3 Å². The van der Waals surface area contributed by atoms with Crippen LogP contribution in [-0.2, 0) is 10.4 Å². The topological polar surface area (TPSA) is 60.8 Å². The van der Waals surface area contributed by atoms with Gasteiger partial charge in [-0.25, -0.2) is 0 Å². The van der Waals surface area contributed by atoms with Gasteiger partial charge in [-0.15, -0.1) is 0 Å². The van der Waals surface area contributed by atoms with E-state index in [1.807, 2.05) is 0 Å². The molecule has 1 aromatic carbocycles. The quantitative estimate of drug-likeness (QED) is 0.686. The highest BCUT2D eigenvalue weighted by Crippen LogP contribution is 2.48. The number of benzene rings is 1. The Morgan fingerprint density at radius 1 is 1.25 bits per heavy atom. The van der Waals surface area contributed by atoms with Crippen molar-refractivity contribution >= 4 is 11.6 Å². The molecule has 0 saturated carbocycles.